The first kappa shape index (κ1) is 10.0. The van der Waals surface area contributed by atoms with E-state index in [1.807, 2.05) is 0 Å². The van der Waals surface area contributed by atoms with Gasteiger partial charge in [0.25, 0.3) is 0 Å². The maximum atomic E-state index is 5.33. The number of likely N-dealkylation sites (N-methyl/N-ethyl adjacent to an activating group) is 1. The monoisotopic (exact) mass is 171 g/mol. The van der Waals surface area contributed by atoms with Crippen molar-refractivity contribution in [3.8, 4) is 0 Å². The second-order valence-corrected chi connectivity index (χ2v) is 3.53. The Morgan fingerprint density at radius 2 is 2.08 bits per heavy atom. The van der Waals surface area contributed by atoms with Gasteiger partial charge in [-0.3, -0.25) is 0 Å². The quantitative estimate of drug-likeness (QED) is 0.541. The maximum Gasteiger partial charge on any atom is 0.0593 e. The van der Waals surface area contributed by atoms with E-state index in [2.05, 4.69) is 18.7 Å². The van der Waals surface area contributed by atoms with Gasteiger partial charge in [0.15, 0.2) is 0 Å². The molecule has 2 heteroatoms. The lowest BCUT2D eigenvalue weighted by Gasteiger charge is -2.19. The van der Waals surface area contributed by atoms with E-state index in [0.29, 0.717) is 0 Å². The Hall–Kier alpha value is -0.0800. The fraction of sp³-hybridized carbons (Fsp3) is 1.00. The topological polar surface area (TPSA) is 12.5 Å². The molecule has 12 heavy (non-hydrogen) atoms. The summed E-state index contributed by atoms with van der Waals surface area (Å²) in [5.74, 6) is 1.01. The van der Waals surface area contributed by atoms with Crippen molar-refractivity contribution in [3.63, 3.8) is 0 Å². The largest absolute Gasteiger partial charge is 0.380 e. The molecule has 1 fully saturated rings. The molecule has 0 bridgehead atoms. The second-order valence-electron chi connectivity index (χ2n) is 3.53. The van der Waals surface area contributed by atoms with Crippen molar-refractivity contribution in [2.45, 2.75) is 26.7 Å². The lowest BCUT2D eigenvalue weighted by Crippen LogP contribution is -2.29. The van der Waals surface area contributed by atoms with Crippen LogP contribution in [-0.2, 0) is 4.74 Å². The molecule has 0 atom stereocenters. The van der Waals surface area contributed by atoms with Crippen LogP contribution in [0.15, 0.2) is 0 Å². The highest BCUT2D eigenvalue weighted by Gasteiger charge is 2.23. The van der Waals surface area contributed by atoms with Gasteiger partial charge in [0, 0.05) is 19.7 Å². The highest BCUT2D eigenvalue weighted by atomic mass is 16.5. The van der Waals surface area contributed by atoms with Crippen LogP contribution in [0.25, 0.3) is 0 Å². The summed E-state index contributed by atoms with van der Waals surface area (Å²) >= 11 is 0. The van der Waals surface area contributed by atoms with E-state index >= 15 is 0 Å². The first-order valence-electron chi connectivity index (χ1n) is 5.16. The van der Waals surface area contributed by atoms with Gasteiger partial charge in [-0.15, -0.1) is 0 Å². The number of nitrogens with zero attached hydrogens (tertiary/aromatic N) is 1. The van der Waals surface area contributed by atoms with E-state index in [0.717, 1.165) is 25.7 Å². The smallest absolute Gasteiger partial charge is 0.0593 e. The highest BCUT2D eigenvalue weighted by Crippen LogP contribution is 2.29. The zero-order chi connectivity index (χ0) is 8.81. The van der Waals surface area contributed by atoms with E-state index in [-0.39, 0.29) is 0 Å². The van der Waals surface area contributed by atoms with Crippen LogP contribution < -0.4 is 0 Å². The zero-order valence-corrected chi connectivity index (χ0v) is 8.38. The molecule has 1 aliphatic rings. The van der Waals surface area contributed by atoms with Gasteiger partial charge in [0.05, 0.1) is 6.61 Å². The Kier molecular flexibility index (Phi) is 4.62. The minimum absolute atomic E-state index is 0.848. The fourth-order valence-corrected chi connectivity index (χ4v) is 1.38. The predicted octanol–water partition coefficient (Wildman–Crippen LogP) is 1.75. The van der Waals surface area contributed by atoms with Gasteiger partial charge in [-0.1, -0.05) is 6.92 Å². The molecule has 1 rings (SSSR count). The van der Waals surface area contributed by atoms with Crippen molar-refractivity contribution in [1.29, 1.82) is 0 Å². The molecule has 0 N–H and O–H groups in total. The molecule has 1 aliphatic carbocycles. The molecule has 0 spiro atoms. The van der Waals surface area contributed by atoms with E-state index in [1.54, 1.807) is 0 Å². The SMILES string of the molecule is CCOCCN(CC)CC1CC1. The lowest BCUT2D eigenvalue weighted by molar-refractivity contribution is 0.113. The summed E-state index contributed by atoms with van der Waals surface area (Å²) in [7, 11) is 0. The van der Waals surface area contributed by atoms with Crippen LogP contribution in [-0.4, -0.2) is 37.7 Å². The van der Waals surface area contributed by atoms with E-state index in [9.17, 15) is 0 Å². The van der Waals surface area contributed by atoms with Gasteiger partial charge in [-0.2, -0.15) is 0 Å². The molecular formula is C10H21NO. The average molecular weight is 171 g/mol. The number of hydrogen-bond acceptors (Lipinski definition) is 2. The molecule has 72 valence electrons. The maximum absolute atomic E-state index is 5.33. The Labute approximate surface area is 75.9 Å². The van der Waals surface area contributed by atoms with Crippen molar-refractivity contribution in [2.75, 3.05) is 32.8 Å². The molecule has 0 amide bonds. The molecule has 0 heterocycles. The highest BCUT2D eigenvalue weighted by molar-refractivity contribution is 4.76. The standard InChI is InChI=1S/C10H21NO/c1-3-11(7-8-12-4-2)9-10-5-6-10/h10H,3-9H2,1-2H3. The van der Waals surface area contributed by atoms with Gasteiger partial charge in [-0.05, 0) is 32.2 Å². The Morgan fingerprint density at radius 3 is 2.58 bits per heavy atom. The number of rotatable bonds is 7. The van der Waals surface area contributed by atoms with E-state index in [4.69, 9.17) is 4.74 Å². The third kappa shape index (κ3) is 4.07. The summed E-state index contributed by atoms with van der Waals surface area (Å²) in [4.78, 5) is 2.49. The minimum Gasteiger partial charge on any atom is -0.380 e. The Balaban J connectivity index is 1.98. The van der Waals surface area contributed by atoms with Crippen LogP contribution in [0.3, 0.4) is 0 Å². The zero-order valence-electron chi connectivity index (χ0n) is 8.38. The van der Waals surface area contributed by atoms with Crippen molar-refractivity contribution < 1.29 is 4.74 Å². The van der Waals surface area contributed by atoms with Crippen LogP contribution in [0.4, 0.5) is 0 Å². The van der Waals surface area contributed by atoms with Crippen LogP contribution in [0, 0.1) is 5.92 Å². The van der Waals surface area contributed by atoms with Crippen molar-refractivity contribution >= 4 is 0 Å². The summed E-state index contributed by atoms with van der Waals surface area (Å²) in [6.45, 7) is 9.61. The van der Waals surface area contributed by atoms with Gasteiger partial charge in [0.1, 0.15) is 0 Å². The second kappa shape index (κ2) is 5.55. The molecule has 2 nitrogen and oxygen atoms in total. The van der Waals surface area contributed by atoms with Crippen LogP contribution in [0.1, 0.15) is 26.7 Å². The molecule has 0 unspecified atom stereocenters. The molecule has 0 aliphatic heterocycles. The molecule has 0 aromatic rings. The first-order valence-corrected chi connectivity index (χ1v) is 5.16. The summed E-state index contributed by atoms with van der Waals surface area (Å²) in [6, 6.07) is 0. The third-order valence-electron chi connectivity index (χ3n) is 2.42. The summed E-state index contributed by atoms with van der Waals surface area (Å²) in [5.41, 5.74) is 0. The Bertz CT molecular complexity index is 112. The fourth-order valence-electron chi connectivity index (χ4n) is 1.38. The summed E-state index contributed by atoms with van der Waals surface area (Å²) < 4.78 is 5.33. The van der Waals surface area contributed by atoms with Crippen LogP contribution in [0.2, 0.25) is 0 Å². The van der Waals surface area contributed by atoms with Gasteiger partial charge >= 0.3 is 0 Å². The van der Waals surface area contributed by atoms with Gasteiger partial charge < -0.3 is 9.64 Å². The summed E-state index contributed by atoms with van der Waals surface area (Å²) in [6.07, 6.45) is 2.90. The van der Waals surface area contributed by atoms with Crippen LogP contribution >= 0.6 is 0 Å². The van der Waals surface area contributed by atoms with Crippen molar-refractivity contribution in [2.24, 2.45) is 5.92 Å². The molecule has 0 aromatic carbocycles. The molecule has 0 radical (unpaired) electrons. The normalized spacial score (nSPS) is 17.2. The molecular weight excluding hydrogens is 150 g/mol. The van der Waals surface area contributed by atoms with Gasteiger partial charge in [-0.25, -0.2) is 0 Å². The molecule has 1 saturated carbocycles. The third-order valence-corrected chi connectivity index (χ3v) is 2.42. The lowest BCUT2D eigenvalue weighted by atomic mass is 10.3. The van der Waals surface area contributed by atoms with E-state index in [1.165, 1.54) is 25.9 Å². The van der Waals surface area contributed by atoms with Crippen LogP contribution in [0.5, 0.6) is 0 Å². The van der Waals surface area contributed by atoms with Crippen molar-refractivity contribution in [3.05, 3.63) is 0 Å². The average Bonchev–Trinajstić information content (AvgIpc) is 2.87. The van der Waals surface area contributed by atoms with Gasteiger partial charge in [0.2, 0.25) is 0 Å². The first-order chi connectivity index (χ1) is 5.86. The molecule has 0 saturated heterocycles. The number of hydrogen-bond donors (Lipinski definition) is 0. The molecule has 0 aromatic heterocycles. The summed E-state index contributed by atoms with van der Waals surface area (Å²) in [5, 5.41) is 0. The minimum atomic E-state index is 0.848. The van der Waals surface area contributed by atoms with Crippen molar-refractivity contribution in [1.82, 2.24) is 4.90 Å². The number of ether oxygens (including phenoxy) is 1. The van der Waals surface area contributed by atoms with E-state index < -0.39 is 0 Å². The Morgan fingerprint density at radius 1 is 1.33 bits per heavy atom. The predicted molar refractivity (Wildman–Crippen MR) is 51.3 cm³/mol.